The molecule has 0 radical (unpaired) electrons. The zero-order valence-corrected chi connectivity index (χ0v) is 12.1. The Hall–Kier alpha value is -1.53. The second-order valence-electron chi connectivity index (χ2n) is 3.64. The van der Waals surface area contributed by atoms with Crippen LogP contribution >= 0.6 is 27.7 Å². The van der Waals surface area contributed by atoms with E-state index in [0.717, 1.165) is 4.90 Å². The van der Waals surface area contributed by atoms with Gasteiger partial charge in [0.25, 0.3) is 0 Å². The summed E-state index contributed by atoms with van der Waals surface area (Å²) in [7, 11) is 0. The van der Waals surface area contributed by atoms with Crippen LogP contribution in [0.2, 0.25) is 0 Å². The molecule has 98 valence electrons. The summed E-state index contributed by atoms with van der Waals surface area (Å²) in [5.41, 5.74) is 5.78. The predicted molar refractivity (Wildman–Crippen MR) is 77.2 cm³/mol. The molecule has 0 saturated carbocycles. The van der Waals surface area contributed by atoms with Crippen molar-refractivity contribution < 1.29 is 9.60 Å². The highest BCUT2D eigenvalue weighted by molar-refractivity contribution is 9.10. The van der Waals surface area contributed by atoms with Gasteiger partial charge in [-0.15, -0.1) is 0 Å². The molecule has 0 atom stereocenters. The SMILES string of the molecule is N/C(=N/O)c1ccc(Sc2ccccc2)c(F)c1Br. The lowest BCUT2D eigenvalue weighted by molar-refractivity contribution is 0.318. The van der Waals surface area contributed by atoms with Crippen LogP contribution in [0.5, 0.6) is 0 Å². The summed E-state index contributed by atoms with van der Waals surface area (Å²) < 4.78 is 14.4. The van der Waals surface area contributed by atoms with Crippen LogP contribution in [0, 0.1) is 5.82 Å². The number of amidine groups is 1. The van der Waals surface area contributed by atoms with Crippen molar-refractivity contribution in [3.8, 4) is 0 Å². The van der Waals surface area contributed by atoms with Crippen molar-refractivity contribution in [1.82, 2.24) is 0 Å². The van der Waals surface area contributed by atoms with Crippen LogP contribution in [0.25, 0.3) is 0 Å². The van der Waals surface area contributed by atoms with Crippen molar-refractivity contribution in [3.63, 3.8) is 0 Å². The molecular weight excluding hydrogens is 331 g/mol. The number of oxime groups is 1. The maximum absolute atomic E-state index is 14.2. The molecule has 2 aromatic carbocycles. The maximum atomic E-state index is 14.2. The van der Waals surface area contributed by atoms with E-state index < -0.39 is 5.82 Å². The zero-order valence-electron chi connectivity index (χ0n) is 9.68. The van der Waals surface area contributed by atoms with Crippen LogP contribution in [0.3, 0.4) is 0 Å². The van der Waals surface area contributed by atoms with Crippen molar-refractivity contribution in [2.75, 3.05) is 0 Å². The van der Waals surface area contributed by atoms with Gasteiger partial charge in [0.1, 0.15) is 0 Å². The third kappa shape index (κ3) is 3.08. The lowest BCUT2D eigenvalue weighted by Crippen LogP contribution is -2.14. The van der Waals surface area contributed by atoms with E-state index in [2.05, 4.69) is 21.1 Å². The van der Waals surface area contributed by atoms with Gasteiger partial charge in [0.2, 0.25) is 0 Å². The monoisotopic (exact) mass is 340 g/mol. The summed E-state index contributed by atoms with van der Waals surface area (Å²) in [6.45, 7) is 0. The van der Waals surface area contributed by atoms with E-state index in [1.165, 1.54) is 11.8 Å². The van der Waals surface area contributed by atoms with Gasteiger partial charge >= 0.3 is 0 Å². The molecule has 0 aromatic heterocycles. The van der Waals surface area contributed by atoms with Crippen LogP contribution in [0.4, 0.5) is 4.39 Å². The minimum absolute atomic E-state index is 0.137. The Balaban J connectivity index is 2.37. The molecule has 0 spiro atoms. The lowest BCUT2D eigenvalue weighted by atomic mass is 10.2. The molecule has 0 unspecified atom stereocenters. The standard InChI is InChI=1S/C13H10BrFN2OS/c14-11-9(13(16)17-18)6-7-10(12(11)15)19-8-4-2-1-3-5-8/h1-7,18H,(H2,16,17). The maximum Gasteiger partial charge on any atom is 0.171 e. The second-order valence-corrected chi connectivity index (χ2v) is 5.55. The summed E-state index contributed by atoms with van der Waals surface area (Å²) in [4.78, 5) is 1.40. The van der Waals surface area contributed by atoms with Gasteiger partial charge < -0.3 is 10.9 Å². The third-order valence-corrected chi connectivity index (χ3v) is 4.22. The average Bonchev–Trinajstić information content (AvgIpc) is 2.44. The zero-order chi connectivity index (χ0) is 13.8. The summed E-state index contributed by atoms with van der Waals surface area (Å²) in [6.07, 6.45) is 0. The van der Waals surface area contributed by atoms with E-state index in [-0.39, 0.29) is 10.3 Å². The molecule has 2 aromatic rings. The van der Waals surface area contributed by atoms with E-state index in [1.807, 2.05) is 30.3 Å². The Labute approximate surface area is 122 Å². The molecule has 0 bridgehead atoms. The minimum atomic E-state index is -0.432. The Kier molecular flexibility index (Phi) is 4.44. The molecular formula is C13H10BrFN2OS. The molecule has 3 nitrogen and oxygen atoms in total. The minimum Gasteiger partial charge on any atom is -0.409 e. The Morgan fingerprint density at radius 3 is 2.53 bits per heavy atom. The first-order valence-corrected chi connectivity index (χ1v) is 6.93. The first-order valence-electron chi connectivity index (χ1n) is 5.32. The molecule has 6 heteroatoms. The second kappa shape index (κ2) is 6.08. The highest BCUT2D eigenvalue weighted by Gasteiger charge is 2.14. The van der Waals surface area contributed by atoms with Crippen LogP contribution < -0.4 is 5.73 Å². The molecule has 2 rings (SSSR count). The van der Waals surface area contributed by atoms with Gasteiger partial charge in [0.05, 0.1) is 4.47 Å². The van der Waals surface area contributed by atoms with Crippen LogP contribution in [-0.4, -0.2) is 11.0 Å². The first kappa shape index (κ1) is 13.9. The Bertz CT molecular complexity index is 620. The molecule has 19 heavy (non-hydrogen) atoms. The van der Waals surface area contributed by atoms with Crippen molar-refractivity contribution in [3.05, 3.63) is 58.3 Å². The number of nitrogens with two attached hydrogens (primary N) is 1. The van der Waals surface area contributed by atoms with Gasteiger partial charge in [-0.3, -0.25) is 0 Å². The van der Waals surface area contributed by atoms with Gasteiger partial charge in [0.15, 0.2) is 11.7 Å². The number of halogens is 2. The lowest BCUT2D eigenvalue weighted by Gasteiger charge is -2.08. The van der Waals surface area contributed by atoms with Crippen LogP contribution in [-0.2, 0) is 0 Å². The van der Waals surface area contributed by atoms with Crippen molar-refractivity contribution in [1.29, 1.82) is 0 Å². The number of nitrogens with zero attached hydrogens (tertiary/aromatic N) is 1. The van der Waals surface area contributed by atoms with Crippen molar-refractivity contribution >= 4 is 33.5 Å². The van der Waals surface area contributed by atoms with Gasteiger partial charge in [-0.2, -0.15) is 0 Å². The van der Waals surface area contributed by atoms with E-state index >= 15 is 0 Å². The molecule has 0 aliphatic carbocycles. The molecule has 3 N–H and O–H groups in total. The van der Waals surface area contributed by atoms with Crippen molar-refractivity contribution in [2.45, 2.75) is 9.79 Å². The highest BCUT2D eigenvalue weighted by Crippen LogP contribution is 2.34. The van der Waals surface area contributed by atoms with E-state index in [1.54, 1.807) is 12.1 Å². The molecule has 0 amide bonds. The van der Waals surface area contributed by atoms with E-state index in [4.69, 9.17) is 10.9 Å². The number of hydrogen-bond donors (Lipinski definition) is 2. The van der Waals surface area contributed by atoms with Crippen molar-refractivity contribution in [2.24, 2.45) is 10.9 Å². The first-order chi connectivity index (χ1) is 9.13. The topological polar surface area (TPSA) is 58.6 Å². The molecule has 0 aliphatic rings. The van der Waals surface area contributed by atoms with Gasteiger partial charge in [0, 0.05) is 15.4 Å². The highest BCUT2D eigenvalue weighted by atomic mass is 79.9. The van der Waals surface area contributed by atoms with Gasteiger partial charge in [-0.05, 0) is 40.2 Å². The smallest absolute Gasteiger partial charge is 0.171 e. The largest absolute Gasteiger partial charge is 0.409 e. The number of benzene rings is 2. The molecule has 0 fully saturated rings. The summed E-state index contributed by atoms with van der Waals surface area (Å²) in [5.74, 6) is -0.569. The normalized spacial score (nSPS) is 11.6. The van der Waals surface area contributed by atoms with Crippen LogP contribution in [0.1, 0.15) is 5.56 Å². The summed E-state index contributed by atoms with van der Waals surface area (Å²) in [5, 5.41) is 11.5. The fourth-order valence-corrected chi connectivity index (χ4v) is 3.03. The quantitative estimate of drug-likeness (QED) is 0.386. The molecule has 0 heterocycles. The predicted octanol–water partition coefficient (Wildman–Crippen LogP) is 3.83. The molecule has 0 saturated heterocycles. The molecule has 0 aliphatic heterocycles. The summed E-state index contributed by atoms with van der Waals surface area (Å²) in [6, 6.07) is 12.7. The fraction of sp³-hybridized carbons (Fsp3) is 0. The fourth-order valence-electron chi connectivity index (χ4n) is 1.48. The Morgan fingerprint density at radius 2 is 1.89 bits per heavy atom. The summed E-state index contributed by atoms with van der Waals surface area (Å²) >= 11 is 4.43. The average molecular weight is 341 g/mol. The number of hydrogen-bond acceptors (Lipinski definition) is 3. The van der Waals surface area contributed by atoms with E-state index in [0.29, 0.717) is 10.5 Å². The van der Waals surface area contributed by atoms with Crippen LogP contribution in [0.15, 0.2) is 61.9 Å². The third-order valence-electron chi connectivity index (χ3n) is 2.40. The van der Waals surface area contributed by atoms with E-state index in [9.17, 15) is 4.39 Å². The number of rotatable bonds is 3. The van der Waals surface area contributed by atoms with Gasteiger partial charge in [-0.1, -0.05) is 35.1 Å². The Morgan fingerprint density at radius 1 is 1.21 bits per heavy atom. The van der Waals surface area contributed by atoms with Gasteiger partial charge in [-0.25, -0.2) is 4.39 Å².